The molecule has 0 fully saturated rings. The number of hydrogen-bond donors (Lipinski definition) is 2. The van der Waals surface area contributed by atoms with Gasteiger partial charge in [-0.25, -0.2) is 0 Å². The minimum atomic E-state index is -0.202. The number of aromatic nitrogens is 2. The number of carbonyl (C=O) groups excluding carboxylic acids is 1. The normalized spacial score (nSPS) is 12.8. The number of carbonyl (C=O) groups is 1. The van der Waals surface area contributed by atoms with E-state index in [4.69, 9.17) is 9.63 Å². The molecule has 1 heterocycles. The van der Waals surface area contributed by atoms with Gasteiger partial charge in [0, 0.05) is 12.8 Å². The van der Waals surface area contributed by atoms with Crippen LogP contribution in [0.15, 0.2) is 4.52 Å². The van der Waals surface area contributed by atoms with Crippen molar-refractivity contribution < 1.29 is 14.4 Å². The maximum absolute atomic E-state index is 11.6. The predicted octanol–water partition coefficient (Wildman–Crippen LogP) is 0.444. The first-order valence-corrected chi connectivity index (χ1v) is 5.72. The first kappa shape index (κ1) is 13.6. The minimum absolute atomic E-state index is 0.0525. The van der Waals surface area contributed by atoms with Crippen LogP contribution >= 0.6 is 0 Å². The summed E-state index contributed by atoms with van der Waals surface area (Å²) in [7, 11) is 0. The molecular formula is C11H19N3O3. The monoisotopic (exact) mass is 241 g/mol. The average molecular weight is 241 g/mol. The van der Waals surface area contributed by atoms with E-state index in [0.717, 1.165) is 0 Å². The molecule has 0 saturated heterocycles. The van der Waals surface area contributed by atoms with Crippen LogP contribution in [0.2, 0.25) is 0 Å². The van der Waals surface area contributed by atoms with Crippen LogP contribution in [0.1, 0.15) is 32.0 Å². The van der Waals surface area contributed by atoms with Crippen LogP contribution in [0.3, 0.4) is 0 Å². The fraction of sp³-hybridized carbons (Fsp3) is 0.727. The van der Waals surface area contributed by atoms with Gasteiger partial charge in [-0.15, -0.1) is 0 Å². The molecule has 6 nitrogen and oxygen atoms in total. The highest BCUT2D eigenvalue weighted by atomic mass is 16.5. The van der Waals surface area contributed by atoms with Gasteiger partial charge in [-0.2, -0.15) is 4.98 Å². The van der Waals surface area contributed by atoms with Crippen molar-refractivity contribution in [2.24, 2.45) is 5.92 Å². The van der Waals surface area contributed by atoms with Crippen molar-refractivity contribution >= 4 is 5.91 Å². The zero-order valence-corrected chi connectivity index (χ0v) is 10.4. The summed E-state index contributed by atoms with van der Waals surface area (Å²) in [6, 6.07) is -0.202. The molecule has 0 radical (unpaired) electrons. The molecule has 96 valence electrons. The highest BCUT2D eigenvalue weighted by molar-refractivity contribution is 5.76. The van der Waals surface area contributed by atoms with Crippen molar-refractivity contribution in [1.29, 1.82) is 0 Å². The van der Waals surface area contributed by atoms with Crippen LogP contribution in [0, 0.1) is 12.8 Å². The van der Waals surface area contributed by atoms with E-state index in [2.05, 4.69) is 15.5 Å². The Hall–Kier alpha value is -1.43. The summed E-state index contributed by atoms with van der Waals surface area (Å²) in [6.45, 7) is 5.57. The summed E-state index contributed by atoms with van der Waals surface area (Å²) in [5.41, 5.74) is 0. The van der Waals surface area contributed by atoms with Crippen molar-refractivity contribution in [3.8, 4) is 0 Å². The second kappa shape index (κ2) is 6.34. The molecule has 0 aliphatic carbocycles. The first-order chi connectivity index (χ1) is 8.02. The fourth-order valence-electron chi connectivity index (χ4n) is 1.36. The lowest BCUT2D eigenvalue weighted by Gasteiger charge is -2.19. The lowest BCUT2D eigenvalue weighted by atomic mass is 10.1. The first-order valence-electron chi connectivity index (χ1n) is 5.72. The number of aryl methyl sites for hydroxylation is 2. The third-order valence-electron chi connectivity index (χ3n) is 2.48. The van der Waals surface area contributed by atoms with Crippen LogP contribution in [0.5, 0.6) is 0 Å². The maximum atomic E-state index is 11.6. The zero-order chi connectivity index (χ0) is 12.8. The molecular weight excluding hydrogens is 222 g/mol. The number of aliphatic hydroxyl groups is 1. The Morgan fingerprint density at radius 2 is 2.24 bits per heavy atom. The molecule has 1 aromatic heterocycles. The summed E-state index contributed by atoms with van der Waals surface area (Å²) in [5.74, 6) is 1.11. The molecule has 1 atom stereocenters. The second-order valence-electron chi connectivity index (χ2n) is 4.34. The summed E-state index contributed by atoms with van der Waals surface area (Å²) in [4.78, 5) is 15.6. The molecule has 0 bridgehead atoms. The van der Waals surface area contributed by atoms with Crippen molar-refractivity contribution in [3.63, 3.8) is 0 Å². The number of hydrogen-bond acceptors (Lipinski definition) is 5. The highest BCUT2D eigenvalue weighted by Crippen LogP contribution is 2.03. The van der Waals surface area contributed by atoms with E-state index in [9.17, 15) is 4.79 Å². The molecule has 1 amide bonds. The Morgan fingerprint density at radius 1 is 1.53 bits per heavy atom. The molecule has 0 saturated carbocycles. The molecule has 6 heteroatoms. The van der Waals surface area contributed by atoms with Gasteiger partial charge >= 0.3 is 0 Å². The number of rotatable bonds is 6. The van der Waals surface area contributed by atoms with Crippen LogP contribution in [-0.4, -0.2) is 33.8 Å². The molecule has 0 aliphatic heterocycles. The predicted molar refractivity (Wildman–Crippen MR) is 61.2 cm³/mol. The van der Waals surface area contributed by atoms with Crippen molar-refractivity contribution in [2.75, 3.05) is 6.61 Å². The van der Waals surface area contributed by atoms with Crippen molar-refractivity contribution in [1.82, 2.24) is 15.5 Å². The van der Waals surface area contributed by atoms with Gasteiger partial charge in [0.25, 0.3) is 0 Å². The van der Waals surface area contributed by atoms with Crippen LogP contribution < -0.4 is 5.32 Å². The van der Waals surface area contributed by atoms with Gasteiger partial charge in [-0.05, 0) is 12.8 Å². The van der Waals surface area contributed by atoms with Crippen LogP contribution in [-0.2, 0) is 11.2 Å². The lowest BCUT2D eigenvalue weighted by Crippen LogP contribution is -2.41. The molecule has 2 N–H and O–H groups in total. The third kappa shape index (κ3) is 4.52. The van der Waals surface area contributed by atoms with E-state index in [0.29, 0.717) is 18.1 Å². The van der Waals surface area contributed by atoms with E-state index in [1.54, 1.807) is 6.92 Å². The maximum Gasteiger partial charge on any atom is 0.227 e. The van der Waals surface area contributed by atoms with E-state index in [1.165, 1.54) is 0 Å². The number of aliphatic hydroxyl groups excluding tert-OH is 1. The van der Waals surface area contributed by atoms with E-state index in [-0.39, 0.29) is 30.9 Å². The molecule has 0 aliphatic rings. The van der Waals surface area contributed by atoms with Gasteiger partial charge in [0.05, 0.1) is 12.6 Å². The molecule has 0 unspecified atom stereocenters. The quantitative estimate of drug-likeness (QED) is 0.754. The van der Waals surface area contributed by atoms with E-state index in [1.807, 2.05) is 13.8 Å². The molecule has 17 heavy (non-hydrogen) atoms. The summed E-state index contributed by atoms with van der Waals surface area (Å²) in [5, 5.41) is 15.5. The molecule has 1 rings (SSSR count). The standard InChI is InChI=1S/C11H19N3O3/c1-7(2)9(6-15)13-10(16)4-5-11-12-8(3)14-17-11/h7,9,15H,4-6H2,1-3H3,(H,13,16)/t9-/m1/s1. The summed E-state index contributed by atoms with van der Waals surface area (Å²) >= 11 is 0. The Bertz CT molecular complexity index is 363. The van der Waals surface area contributed by atoms with Gasteiger partial charge < -0.3 is 14.9 Å². The SMILES string of the molecule is Cc1noc(CCC(=O)N[C@H](CO)C(C)C)n1. The Balaban J connectivity index is 2.34. The van der Waals surface area contributed by atoms with Gasteiger partial charge in [-0.1, -0.05) is 19.0 Å². The topological polar surface area (TPSA) is 88.2 Å². The third-order valence-corrected chi connectivity index (χ3v) is 2.48. The highest BCUT2D eigenvalue weighted by Gasteiger charge is 2.15. The zero-order valence-electron chi connectivity index (χ0n) is 10.4. The average Bonchev–Trinajstić information content (AvgIpc) is 2.68. The van der Waals surface area contributed by atoms with Crippen molar-refractivity contribution in [2.45, 2.75) is 39.7 Å². The molecule has 0 spiro atoms. The van der Waals surface area contributed by atoms with Crippen LogP contribution in [0.25, 0.3) is 0 Å². The van der Waals surface area contributed by atoms with Gasteiger partial charge in [0.1, 0.15) is 0 Å². The Labute approximate surface area is 100 Å². The van der Waals surface area contributed by atoms with E-state index >= 15 is 0 Å². The molecule has 1 aromatic rings. The van der Waals surface area contributed by atoms with Gasteiger partial charge in [0.15, 0.2) is 5.82 Å². The van der Waals surface area contributed by atoms with E-state index < -0.39 is 0 Å². The summed E-state index contributed by atoms with van der Waals surface area (Å²) < 4.78 is 4.90. The van der Waals surface area contributed by atoms with Gasteiger partial charge in [-0.3, -0.25) is 4.79 Å². The number of nitrogens with zero attached hydrogens (tertiary/aromatic N) is 2. The Kier molecular flexibility index (Phi) is 5.09. The van der Waals surface area contributed by atoms with Crippen molar-refractivity contribution in [3.05, 3.63) is 11.7 Å². The van der Waals surface area contributed by atoms with Crippen LogP contribution in [0.4, 0.5) is 0 Å². The summed E-state index contributed by atoms with van der Waals surface area (Å²) in [6.07, 6.45) is 0.702. The fourth-order valence-corrected chi connectivity index (χ4v) is 1.36. The largest absolute Gasteiger partial charge is 0.394 e. The lowest BCUT2D eigenvalue weighted by molar-refractivity contribution is -0.122. The van der Waals surface area contributed by atoms with Gasteiger partial charge in [0.2, 0.25) is 11.8 Å². The Morgan fingerprint density at radius 3 is 2.71 bits per heavy atom. The smallest absolute Gasteiger partial charge is 0.227 e. The minimum Gasteiger partial charge on any atom is -0.394 e. The second-order valence-corrected chi connectivity index (χ2v) is 4.34. The molecule has 0 aromatic carbocycles. The number of amides is 1. The number of nitrogens with one attached hydrogen (secondary N) is 1.